The van der Waals surface area contributed by atoms with E-state index in [0.717, 1.165) is 24.2 Å². The van der Waals surface area contributed by atoms with Crippen LogP contribution in [0.3, 0.4) is 0 Å². The van der Waals surface area contributed by atoms with Crippen molar-refractivity contribution in [3.05, 3.63) is 83.4 Å². The van der Waals surface area contributed by atoms with Crippen molar-refractivity contribution in [3.63, 3.8) is 0 Å². The van der Waals surface area contributed by atoms with E-state index in [1.54, 1.807) is 30.3 Å². The van der Waals surface area contributed by atoms with Gasteiger partial charge in [0, 0.05) is 19.6 Å². The maximum absolute atomic E-state index is 14.0. The molecule has 1 saturated heterocycles. The van der Waals surface area contributed by atoms with Crippen molar-refractivity contribution in [2.45, 2.75) is 13.0 Å². The molecule has 3 aromatic rings. The molecule has 0 bridgehead atoms. The van der Waals surface area contributed by atoms with Gasteiger partial charge in [0.2, 0.25) is 0 Å². The first kappa shape index (κ1) is 20.3. The number of furan rings is 1. The van der Waals surface area contributed by atoms with E-state index in [4.69, 9.17) is 9.15 Å². The third kappa shape index (κ3) is 4.78. The molecular weight excluding hydrogens is 383 g/mol. The van der Waals surface area contributed by atoms with Crippen LogP contribution in [0.5, 0.6) is 0 Å². The van der Waals surface area contributed by atoms with Gasteiger partial charge in [-0.1, -0.05) is 42.0 Å². The highest BCUT2D eigenvalue weighted by Crippen LogP contribution is 2.25. The summed E-state index contributed by atoms with van der Waals surface area (Å²) >= 11 is 0. The maximum Gasteiger partial charge on any atom is 0.287 e. The Kier molecular flexibility index (Phi) is 6.26. The van der Waals surface area contributed by atoms with Gasteiger partial charge < -0.3 is 14.5 Å². The van der Waals surface area contributed by atoms with Crippen LogP contribution < -0.4 is 5.32 Å². The van der Waals surface area contributed by atoms with Crippen LogP contribution in [-0.2, 0) is 4.74 Å². The first-order chi connectivity index (χ1) is 14.6. The quantitative estimate of drug-likeness (QED) is 0.664. The van der Waals surface area contributed by atoms with Gasteiger partial charge >= 0.3 is 0 Å². The van der Waals surface area contributed by atoms with E-state index in [2.05, 4.69) is 10.2 Å². The molecule has 0 unspecified atom stereocenters. The van der Waals surface area contributed by atoms with E-state index >= 15 is 0 Å². The van der Waals surface area contributed by atoms with Gasteiger partial charge in [-0.05, 0) is 36.8 Å². The smallest absolute Gasteiger partial charge is 0.287 e. The normalized spacial score (nSPS) is 15.7. The minimum atomic E-state index is -0.386. The van der Waals surface area contributed by atoms with Crippen molar-refractivity contribution in [1.29, 1.82) is 0 Å². The van der Waals surface area contributed by atoms with Crippen molar-refractivity contribution >= 4 is 5.91 Å². The fraction of sp³-hybridized carbons (Fsp3) is 0.292. The highest BCUT2D eigenvalue weighted by Gasteiger charge is 2.22. The molecule has 1 fully saturated rings. The van der Waals surface area contributed by atoms with Crippen LogP contribution >= 0.6 is 0 Å². The lowest BCUT2D eigenvalue weighted by Crippen LogP contribution is -2.43. The number of carbonyl (C=O) groups excluding carboxylic acids is 1. The van der Waals surface area contributed by atoms with Crippen LogP contribution in [0, 0.1) is 12.7 Å². The molecule has 2 aromatic carbocycles. The molecule has 30 heavy (non-hydrogen) atoms. The Bertz CT molecular complexity index is 994. The Labute approximate surface area is 175 Å². The summed E-state index contributed by atoms with van der Waals surface area (Å²) in [6, 6.07) is 17.5. The van der Waals surface area contributed by atoms with E-state index in [-0.39, 0.29) is 23.5 Å². The van der Waals surface area contributed by atoms with Gasteiger partial charge in [-0.3, -0.25) is 9.69 Å². The predicted molar refractivity (Wildman–Crippen MR) is 113 cm³/mol. The summed E-state index contributed by atoms with van der Waals surface area (Å²) in [6.07, 6.45) is 0. The molecular formula is C24H25FN2O3. The first-order valence-corrected chi connectivity index (χ1v) is 10.1. The summed E-state index contributed by atoms with van der Waals surface area (Å²) in [5.74, 6) is -0.217. The Hall–Kier alpha value is -2.96. The number of aryl methyl sites for hydroxylation is 1. The molecule has 4 rings (SSSR count). The molecule has 0 saturated carbocycles. The molecule has 1 atom stereocenters. The Morgan fingerprint density at radius 2 is 1.80 bits per heavy atom. The molecule has 1 aliphatic rings. The number of hydrogen-bond donors (Lipinski definition) is 1. The average molecular weight is 408 g/mol. The lowest BCUT2D eigenvalue weighted by atomic mass is 10.0. The van der Waals surface area contributed by atoms with Crippen LogP contribution in [0.2, 0.25) is 0 Å². The standard InChI is InChI=1S/C24H25FN2O3/c1-17-6-8-18(9-7-17)21(16-27-12-14-29-15-13-27)26-24(28)23-11-10-22(30-23)19-4-2-3-5-20(19)25/h2-11,21H,12-16H2,1H3,(H,26,28)/t21-/m1/s1. The molecule has 5 nitrogen and oxygen atoms in total. The predicted octanol–water partition coefficient (Wildman–Crippen LogP) is 4.20. The monoisotopic (exact) mass is 408 g/mol. The second-order valence-corrected chi connectivity index (χ2v) is 7.49. The van der Waals surface area contributed by atoms with Gasteiger partial charge in [-0.25, -0.2) is 4.39 Å². The molecule has 0 spiro atoms. The summed E-state index contributed by atoms with van der Waals surface area (Å²) in [5.41, 5.74) is 2.53. The van der Waals surface area contributed by atoms with Gasteiger partial charge in [-0.2, -0.15) is 0 Å². The number of hydrogen-bond acceptors (Lipinski definition) is 4. The molecule has 1 amide bonds. The Balaban J connectivity index is 1.52. The molecule has 1 N–H and O–H groups in total. The summed E-state index contributed by atoms with van der Waals surface area (Å²) in [5, 5.41) is 3.09. The van der Waals surface area contributed by atoms with Crippen molar-refractivity contribution in [1.82, 2.24) is 10.2 Å². The summed E-state index contributed by atoms with van der Waals surface area (Å²) < 4.78 is 25.1. The van der Waals surface area contributed by atoms with E-state index in [1.165, 1.54) is 6.07 Å². The highest BCUT2D eigenvalue weighted by molar-refractivity contribution is 5.92. The van der Waals surface area contributed by atoms with E-state index in [9.17, 15) is 9.18 Å². The zero-order valence-corrected chi connectivity index (χ0v) is 16.9. The minimum Gasteiger partial charge on any atom is -0.451 e. The maximum atomic E-state index is 14.0. The number of rotatable bonds is 6. The van der Waals surface area contributed by atoms with Crippen molar-refractivity contribution in [2.75, 3.05) is 32.8 Å². The lowest BCUT2D eigenvalue weighted by molar-refractivity contribution is 0.0331. The highest BCUT2D eigenvalue weighted by atomic mass is 19.1. The molecule has 6 heteroatoms. The second-order valence-electron chi connectivity index (χ2n) is 7.49. The number of amides is 1. The number of carbonyl (C=O) groups is 1. The second kappa shape index (κ2) is 9.24. The Morgan fingerprint density at radius 1 is 1.07 bits per heavy atom. The number of halogens is 1. The zero-order chi connectivity index (χ0) is 20.9. The molecule has 1 aromatic heterocycles. The van der Waals surface area contributed by atoms with Gasteiger partial charge in [-0.15, -0.1) is 0 Å². The number of nitrogens with zero attached hydrogens (tertiary/aromatic N) is 1. The van der Waals surface area contributed by atoms with Crippen molar-refractivity contribution in [2.24, 2.45) is 0 Å². The lowest BCUT2D eigenvalue weighted by Gasteiger charge is -2.31. The van der Waals surface area contributed by atoms with Crippen LogP contribution in [0.25, 0.3) is 11.3 Å². The van der Waals surface area contributed by atoms with Crippen molar-refractivity contribution in [3.8, 4) is 11.3 Å². The fourth-order valence-corrected chi connectivity index (χ4v) is 3.57. The van der Waals surface area contributed by atoms with E-state index in [0.29, 0.717) is 31.1 Å². The van der Waals surface area contributed by atoms with Crippen LogP contribution in [-0.4, -0.2) is 43.7 Å². The summed E-state index contributed by atoms with van der Waals surface area (Å²) in [4.78, 5) is 15.2. The van der Waals surface area contributed by atoms with Gasteiger partial charge in [0.25, 0.3) is 5.91 Å². The topological polar surface area (TPSA) is 54.7 Å². The number of ether oxygens (including phenoxy) is 1. The molecule has 0 aliphatic carbocycles. The summed E-state index contributed by atoms with van der Waals surface area (Å²) in [6.45, 7) is 5.76. The largest absolute Gasteiger partial charge is 0.451 e. The minimum absolute atomic E-state index is 0.160. The van der Waals surface area contributed by atoms with Crippen LogP contribution in [0.4, 0.5) is 4.39 Å². The summed E-state index contributed by atoms with van der Waals surface area (Å²) in [7, 11) is 0. The van der Waals surface area contributed by atoms with Crippen LogP contribution in [0.1, 0.15) is 27.7 Å². The number of nitrogens with one attached hydrogen (secondary N) is 1. The molecule has 1 aliphatic heterocycles. The van der Waals surface area contributed by atoms with Crippen LogP contribution in [0.15, 0.2) is 65.1 Å². The number of benzene rings is 2. The first-order valence-electron chi connectivity index (χ1n) is 10.1. The SMILES string of the molecule is Cc1ccc([C@@H](CN2CCOCC2)NC(=O)c2ccc(-c3ccccc3F)o2)cc1. The van der Waals surface area contributed by atoms with E-state index in [1.807, 2.05) is 31.2 Å². The van der Waals surface area contributed by atoms with Gasteiger partial charge in [0.1, 0.15) is 11.6 Å². The van der Waals surface area contributed by atoms with Gasteiger partial charge in [0.05, 0.1) is 24.8 Å². The van der Waals surface area contributed by atoms with E-state index < -0.39 is 0 Å². The van der Waals surface area contributed by atoms with Gasteiger partial charge in [0.15, 0.2) is 5.76 Å². The Morgan fingerprint density at radius 3 is 2.53 bits per heavy atom. The molecule has 2 heterocycles. The average Bonchev–Trinajstić information content (AvgIpc) is 3.25. The number of morpholine rings is 1. The fourth-order valence-electron chi connectivity index (χ4n) is 3.57. The zero-order valence-electron chi connectivity index (χ0n) is 16.9. The molecule has 156 valence electrons. The molecule has 0 radical (unpaired) electrons. The van der Waals surface area contributed by atoms with Crippen molar-refractivity contribution < 1.29 is 18.3 Å². The third-order valence-corrected chi connectivity index (χ3v) is 5.30. The third-order valence-electron chi connectivity index (χ3n) is 5.30.